The zero-order valence-corrected chi connectivity index (χ0v) is 14.8. The number of ether oxygens (including phenoxy) is 2. The van der Waals surface area contributed by atoms with E-state index in [-0.39, 0.29) is 36.8 Å². The predicted molar refractivity (Wildman–Crippen MR) is 86.7 cm³/mol. The SMILES string of the molecule is CCOC(=O)C(C(=O)OCC)C(CC(C)C)C1CCCCC1=O. The van der Waals surface area contributed by atoms with Crippen molar-refractivity contribution >= 4 is 17.7 Å². The van der Waals surface area contributed by atoms with Crippen molar-refractivity contribution in [2.75, 3.05) is 13.2 Å². The number of esters is 2. The summed E-state index contributed by atoms with van der Waals surface area (Å²) in [6.07, 6.45) is 3.78. The van der Waals surface area contributed by atoms with Crippen molar-refractivity contribution in [1.82, 2.24) is 0 Å². The van der Waals surface area contributed by atoms with Gasteiger partial charge in [-0.15, -0.1) is 0 Å². The van der Waals surface area contributed by atoms with E-state index in [4.69, 9.17) is 9.47 Å². The number of carbonyl (C=O) groups is 3. The molecule has 0 bridgehead atoms. The van der Waals surface area contributed by atoms with E-state index in [9.17, 15) is 14.4 Å². The van der Waals surface area contributed by atoms with E-state index in [1.54, 1.807) is 13.8 Å². The van der Waals surface area contributed by atoms with Gasteiger partial charge in [-0.25, -0.2) is 0 Å². The second kappa shape index (κ2) is 9.68. The molecule has 1 aliphatic rings. The molecule has 23 heavy (non-hydrogen) atoms. The second-order valence-electron chi connectivity index (χ2n) is 6.59. The summed E-state index contributed by atoms with van der Waals surface area (Å²) < 4.78 is 10.2. The molecule has 1 aliphatic carbocycles. The molecule has 0 saturated heterocycles. The van der Waals surface area contributed by atoms with Crippen LogP contribution in [0, 0.1) is 23.7 Å². The summed E-state index contributed by atoms with van der Waals surface area (Å²) in [4.78, 5) is 37.2. The van der Waals surface area contributed by atoms with E-state index in [2.05, 4.69) is 0 Å². The molecule has 132 valence electrons. The Hall–Kier alpha value is -1.39. The average Bonchev–Trinajstić information content (AvgIpc) is 2.47. The zero-order chi connectivity index (χ0) is 17.4. The highest BCUT2D eigenvalue weighted by molar-refractivity contribution is 5.96. The Kier molecular flexibility index (Phi) is 8.28. The third-order valence-electron chi connectivity index (χ3n) is 4.37. The van der Waals surface area contributed by atoms with Gasteiger partial charge in [0.25, 0.3) is 0 Å². The Morgan fingerprint density at radius 3 is 2.09 bits per heavy atom. The lowest BCUT2D eigenvalue weighted by Gasteiger charge is -2.33. The molecule has 0 radical (unpaired) electrons. The summed E-state index contributed by atoms with van der Waals surface area (Å²) in [5.74, 6) is -2.25. The molecule has 2 atom stereocenters. The van der Waals surface area contributed by atoms with Gasteiger partial charge < -0.3 is 9.47 Å². The molecule has 1 rings (SSSR count). The Balaban J connectivity index is 3.11. The Labute approximate surface area is 139 Å². The van der Waals surface area contributed by atoms with Crippen LogP contribution >= 0.6 is 0 Å². The number of hydrogen-bond acceptors (Lipinski definition) is 5. The van der Waals surface area contributed by atoms with Crippen LogP contribution in [0.1, 0.15) is 59.8 Å². The van der Waals surface area contributed by atoms with Crippen LogP contribution in [0.4, 0.5) is 0 Å². The predicted octanol–water partition coefficient (Wildman–Crippen LogP) is 3.15. The van der Waals surface area contributed by atoms with Crippen molar-refractivity contribution in [3.63, 3.8) is 0 Å². The lowest BCUT2D eigenvalue weighted by molar-refractivity contribution is -0.166. The number of ketones is 1. The minimum Gasteiger partial charge on any atom is -0.465 e. The fourth-order valence-corrected chi connectivity index (χ4v) is 3.45. The lowest BCUT2D eigenvalue weighted by atomic mass is 9.70. The highest BCUT2D eigenvalue weighted by Crippen LogP contribution is 2.37. The van der Waals surface area contributed by atoms with Crippen LogP contribution in [0.2, 0.25) is 0 Å². The molecular formula is C18H30O5. The number of hydrogen-bond donors (Lipinski definition) is 0. The smallest absolute Gasteiger partial charge is 0.320 e. The van der Waals surface area contributed by atoms with Crippen molar-refractivity contribution < 1.29 is 23.9 Å². The molecule has 1 saturated carbocycles. The van der Waals surface area contributed by atoms with Crippen LogP contribution in [0.25, 0.3) is 0 Å². The van der Waals surface area contributed by atoms with E-state index >= 15 is 0 Å². The molecule has 0 aromatic carbocycles. The first-order valence-corrected chi connectivity index (χ1v) is 8.78. The summed E-state index contributed by atoms with van der Waals surface area (Å²) in [6.45, 7) is 7.91. The van der Waals surface area contributed by atoms with Crippen LogP contribution in [0.3, 0.4) is 0 Å². The van der Waals surface area contributed by atoms with Gasteiger partial charge >= 0.3 is 11.9 Å². The van der Waals surface area contributed by atoms with Crippen molar-refractivity contribution in [3.05, 3.63) is 0 Å². The second-order valence-corrected chi connectivity index (χ2v) is 6.59. The Bertz CT molecular complexity index is 398. The highest BCUT2D eigenvalue weighted by atomic mass is 16.6. The maximum absolute atomic E-state index is 12.4. The molecule has 0 aliphatic heterocycles. The molecule has 5 heteroatoms. The molecular weight excluding hydrogens is 296 g/mol. The summed E-state index contributed by atoms with van der Waals surface area (Å²) in [7, 11) is 0. The maximum Gasteiger partial charge on any atom is 0.320 e. The van der Waals surface area contributed by atoms with Gasteiger partial charge in [-0.1, -0.05) is 20.3 Å². The third kappa shape index (κ3) is 5.63. The normalized spacial score (nSPS) is 19.7. The van der Waals surface area contributed by atoms with Gasteiger partial charge in [-0.3, -0.25) is 14.4 Å². The summed E-state index contributed by atoms with van der Waals surface area (Å²) in [5, 5.41) is 0. The van der Waals surface area contributed by atoms with Crippen molar-refractivity contribution in [2.45, 2.75) is 59.8 Å². The standard InChI is InChI=1S/C18H30O5/c1-5-22-17(20)16(18(21)23-6-2)14(11-12(3)4)13-9-7-8-10-15(13)19/h12-14,16H,5-11H2,1-4H3. The minimum absolute atomic E-state index is 0.167. The maximum atomic E-state index is 12.4. The van der Waals surface area contributed by atoms with Crippen LogP contribution in [0.5, 0.6) is 0 Å². The van der Waals surface area contributed by atoms with Gasteiger partial charge in [0, 0.05) is 12.3 Å². The molecule has 0 spiro atoms. The molecule has 2 unspecified atom stereocenters. The highest BCUT2D eigenvalue weighted by Gasteiger charge is 2.44. The van der Waals surface area contributed by atoms with Crippen LogP contribution in [0.15, 0.2) is 0 Å². The van der Waals surface area contributed by atoms with E-state index in [0.29, 0.717) is 12.8 Å². The van der Waals surface area contributed by atoms with Crippen molar-refractivity contribution in [1.29, 1.82) is 0 Å². The Morgan fingerprint density at radius 2 is 1.65 bits per heavy atom. The summed E-state index contributed by atoms with van der Waals surface area (Å²) in [6, 6.07) is 0. The first-order chi connectivity index (χ1) is 10.9. The topological polar surface area (TPSA) is 69.7 Å². The first kappa shape index (κ1) is 19.7. The molecule has 0 heterocycles. The van der Waals surface area contributed by atoms with Crippen LogP contribution in [-0.4, -0.2) is 30.9 Å². The number of carbonyl (C=O) groups excluding carboxylic acids is 3. The molecule has 1 fully saturated rings. The zero-order valence-electron chi connectivity index (χ0n) is 14.8. The van der Waals surface area contributed by atoms with Gasteiger partial charge in [0.05, 0.1) is 13.2 Å². The largest absolute Gasteiger partial charge is 0.465 e. The van der Waals surface area contributed by atoms with Crippen LogP contribution < -0.4 is 0 Å². The van der Waals surface area contributed by atoms with E-state index in [1.165, 1.54) is 0 Å². The van der Waals surface area contributed by atoms with Crippen LogP contribution in [-0.2, 0) is 23.9 Å². The van der Waals surface area contributed by atoms with Gasteiger partial charge in [0.2, 0.25) is 0 Å². The lowest BCUT2D eigenvalue weighted by Crippen LogP contribution is -2.41. The molecule has 5 nitrogen and oxygen atoms in total. The van der Waals surface area contributed by atoms with Gasteiger partial charge in [0.1, 0.15) is 5.78 Å². The van der Waals surface area contributed by atoms with Crippen molar-refractivity contribution in [3.8, 4) is 0 Å². The number of rotatable bonds is 8. The fourth-order valence-electron chi connectivity index (χ4n) is 3.45. The molecule has 0 amide bonds. The van der Waals surface area contributed by atoms with Gasteiger partial charge in [-0.05, 0) is 44.9 Å². The third-order valence-corrected chi connectivity index (χ3v) is 4.37. The molecule has 0 aromatic rings. The van der Waals surface area contributed by atoms with Gasteiger partial charge in [0.15, 0.2) is 5.92 Å². The number of Topliss-reactive ketones (excluding diaryl/α,β-unsaturated/α-hetero) is 1. The fraction of sp³-hybridized carbons (Fsp3) is 0.833. The summed E-state index contributed by atoms with van der Waals surface area (Å²) in [5.41, 5.74) is 0. The summed E-state index contributed by atoms with van der Waals surface area (Å²) >= 11 is 0. The van der Waals surface area contributed by atoms with Crippen molar-refractivity contribution in [2.24, 2.45) is 23.7 Å². The first-order valence-electron chi connectivity index (χ1n) is 8.78. The molecule has 0 aromatic heterocycles. The van der Waals surface area contributed by atoms with E-state index in [0.717, 1.165) is 19.3 Å². The Morgan fingerprint density at radius 1 is 1.09 bits per heavy atom. The quantitative estimate of drug-likeness (QED) is 0.506. The van der Waals surface area contributed by atoms with E-state index in [1.807, 2.05) is 13.8 Å². The monoisotopic (exact) mass is 326 g/mol. The van der Waals surface area contributed by atoms with E-state index < -0.39 is 17.9 Å². The molecule has 0 N–H and O–H groups in total. The average molecular weight is 326 g/mol. The minimum atomic E-state index is -0.996. The van der Waals surface area contributed by atoms with Gasteiger partial charge in [-0.2, -0.15) is 0 Å².